The summed E-state index contributed by atoms with van der Waals surface area (Å²) < 4.78 is 13.4. The van der Waals surface area contributed by atoms with Crippen LogP contribution >= 0.6 is 11.8 Å². The Hall–Kier alpha value is -2.13. The van der Waals surface area contributed by atoms with Crippen LogP contribution in [0.1, 0.15) is 31.9 Å². The average Bonchev–Trinajstić information content (AvgIpc) is 2.81. The minimum absolute atomic E-state index is 0.0573. The van der Waals surface area contributed by atoms with Gasteiger partial charge in [0.15, 0.2) is 5.78 Å². The van der Waals surface area contributed by atoms with Crippen molar-refractivity contribution in [3.05, 3.63) is 46.2 Å². The van der Waals surface area contributed by atoms with Gasteiger partial charge in [0.2, 0.25) is 5.91 Å². The van der Waals surface area contributed by atoms with Gasteiger partial charge in [-0.25, -0.2) is 4.39 Å². The van der Waals surface area contributed by atoms with Gasteiger partial charge < -0.3 is 4.90 Å². The SMILES string of the molecule is CC(C)(C)C(=O)/C=C1\SCC(=O)N1Cc1ccc(F)c(C#N)c1. The van der Waals surface area contributed by atoms with E-state index in [1.54, 1.807) is 6.07 Å². The lowest BCUT2D eigenvalue weighted by Gasteiger charge is -2.19. The molecule has 23 heavy (non-hydrogen) atoms. The number of carbonyl (C=O) groups is 2. The standard InChI is InChI=1S/C17H17FN2O2S/c1-17(2,3)14(21)7-16-20(15(22)10-23-16)9-11-4-5-13(18)12(6-11)8-19/h4-7H,9-10H2,1-3H3/b16-7-. The first-order valence-corrected chi connectivity index (χ1v) is 8.09. The number of carbonyl (C=O) groups excluding carboxylic acids is 2. The number of benzene rings is 1. The maximum atomic E-state index is 13.4. The Balaban J connectivity index is 2.26. The molecule has 0 spiro atoms. The van der Waals surface area contributed by atoms with Crippen LogP contribution in [0.2, 0.25) is 0 Å². The number of rotatable bonds is 3. The number of allylic oxidation sites excluding steroid dienone is 1. The molecule has 0 bridgehead atoms. The fourth-order valence-corrected chi connectivity index (χ4v) is 2.91. The van der Waals surface area contributed by atoms with E-state index in [4.69, 9.17) is 5.26 Å². The van der Waals surface area contributed by atoms with Crippen LogP contribution in [0.3, 0.4) is 0 Å². The molecule has 1 saturated heterocycles. The van der Waals surface area contributed by atoms with Crippen LogP contribution < -0.4 is 0 Å². The van der Waals surface area contributed by atoms with Crippen molar-refractivity contribution >= 4 is 23.5 Å². The van der Waals surface area contributed by atoms with Crippen molar-refractivity contribution in [3.8, 4) is 6.07 Å². The third-order valence-corrected chi connectivity index (χ3v) is 4.42. The number of ketones is 1. The van der Waals surface area contributed by atoms with Crippen LogP contribution in [0, 0.1) is 22.6 Å². The maximum absolute atomic E-state index is 13.4. The van der Waals surface area contributed by atoms with Crippen molar-refractivity contribution in [3.63, 3.8) is 0 Å². The molecule has 0 aromatic heterocycles. The molecule has 6 heteroatoms. The van der Waals surface area contributed by atoms with Gasteiger partial charge in [-0.05, 0) is 17.7 Å². The normalized spacial score (nSPS) is 16.7. The van der Waals surface area contributed by atoms with E-state index in [0.717, 1.165) is 0 Å². The summed E-state index contributed by atoms with van der Waals surface area (Å²) in [6.07, 6.45) is 1.49. The predicted molar refractivity (Wildman–Crippen MR) is 86.7 cm³/mol. The van der Waals surface area contributed by atoms with E-state index in [1.165, 1.54) is 40.9 Å². The molecule has 120 valence electrons. The van der Waals surface area contributed by atoms with Crippen molar-refractivity contribution in [1.82, 2.24) is 4.90 Å². The van der Waals surface area contributed by atoms with Crippen LogP contribution in [0.4, 0.5) is 4.39 Å². The van der Waals surface area contributed by atoms with Crippen LogP contribution in [-0.4, -0.2) is 22.3 Å². The van der Waals surface area contributed by atoms with Crippen molar-refractivity contribution in [2.75, 3.05) is 5.75 Å². The zero-order valence-corrected chi connectivity index (χ0v) is 14.0. The van der Waals surface area contributed by atoms with Gasteiger partial charge in [-0.3, -0.25) is 9.59 Å². The Kier molecular flexibility index (Phi) is 4.90. The molecule has 1 heterocycles. The molecule has 0 unspecified atom stereocenters. The van der Waals surface area contributed by atoms with Gasteiger partial charge in [0.1, 0.15) is 11.9 Å². The highest BCUT2D eigenvalue weighted by atomic mass is 32.2. The molecule has 0 atom stereocenters. The molecule has 0 radical (unpaired) electrons. The Morgan fingerprint density at radius 1 is 1.48 bits per heavy atom. The minimum Gasteiger partial charge on any atom is -0.301 e. The molecule has 1 amide bonds. The third-order valence-electron chi connectivity index (χ3n) is 3.40. The average molecular weight is 332 g/mol. The molecule has 1 aromatic carbocycles. The Bertz CT molecular complexity index is 729. The number of amides is 1. The van der Waals surface area contributed by atoms with E-state index in [1.807, 2.05) is 20.8 Å². The molecule has 1 fully saturated rings. The number of hydrogen-bond donors (Lipinski definition) is 0. The minimum atomic E-state index is -0.586. The van der Waals surface area contributed by atoms with Crippen molar-refractivity contribution < 1.29 is 14.0 Å². The number of hydrogen-bond acceptors (Lipinski definition) is 4. The van der Waals surface area contributed by atoms with Crippen molar-refractivity contribution in [2.24, 2.45) is 5.41 Å². The van der Waals surface area contributed by atoms with E-state index in [-0.39, 0.29) is 29.6 Å². The van der Waals surface area contributed by atoms with Gasteiger partial charge in [-0.15, -0.1) is 0 Å². The molecule has 1 aliphatic heterocycles. The number of nitriles is 1. The van der Waals surface area contributed by atoms with Gasteiger partial charge in [-0.1, -0.05) is 38.6 Å². The summed E-state index contributed by atoms with van der Waals surface area (Å²) >= 11 is 1.31. The number of nitrogens with zero attached hydrogens (tertiary/aromatic N) is 2. The molecule has 0 aliphatic carbocycles. The Morgan fingerprint density at radius 2 is 2.17 bits per heavy atom. The summed E-state index contributed by atoms with van der Waals surface area (Å²) in [5, 5.41) is 9.48. The van der Waals surface area contributed by atoms with Gasteiger partial charge >= 0.3 is 0 Å². The molecule has 0 N–H and O–H groups in total. The molecule has 0 saturated carbocycles. The largest absolute Gasteiger partial charge is 0.301 e. The van der Waals surface area contributed by atoms with Crippen molar-refractivity contribution in [2.45, 2.75) is 27.3 Å². The summed E-state index contributed by atoms with van der Waals surface area (Å²) in [6, 6.07) is 5.96. The number of thioether (sulfide) groups is 1. The fraction of sp³-hybridized carbons (Fsp3) is 0.353. The van der Waals surface area contributed by atoms with Gasteiger partial charge in [0, 0.05) is 11.5 Å². The third kappa shape index (κ3) is 3.99. The highest BCUT2D eigenvalue weighted by Gasteiger charge is 2.29. The number of halogens is 1. The molecule has 1 aliphatic rings. The lowest BCUT2D eigenvalue weighted by Crippen LogP contribution is -2.26. The topological polar surface area (TPSA) is 61.2 Å². The Morgan fingerprint density at radius 3 is 2.78 bits per heavy atom. The van der Waals surface area contributed by atoms with Crippen LogP contribution in [0.5, 0.6) is 0 Å². The van der Waals surface area contributed by atoms with Crippen LogP contribution in [0.25, 0.3) is 0 Å². The van der Waals surface area contributed by atoms with Crippen molar-refractivity contribution in [1.29, 1.82) is 5.26 Å². The van der Waals surface area contributed by atoms with Crippen LogP contribution in [0.15, 0.2) is 29.3 Å². The summed E-state index contributed by atoms with van der Waals surface area (Å²) in [7, 11) is 0. The molecular weight excluding hydrogens is 315 g/mol. The summed E-state index contributed by atoms with van der Waals surface area (Å²) in [5.41, 5.74) is 0.0698. The zero-order valence-electron chi connectivity index (χ0n) is 13.2. The van der Waals surface area contributed by atoms with Gasteiger partial charge in [0.05, 0.1) is 22.9 Å². The molecular formula is C17H17FN2O2S. The molecule has 4 nitrogen and oxygen atoms in total. The second-order valence-corrected chi connectivity index (χ2v) is 7.29. The van der Waals surface area contributed by atoms with Gasteiger partial charge in [-0.2, -0.15) is 5.26 Å². The molecule has 2 rings (SSSR count). The second-order valence-electron chi connectivity index (χ2n) is 6.29. The smallest absolute Gasteiger partial charge is 0.238 e. The fourth-order valence-electron chi connectivity index (χ4n) is 1.97. The van der Waals surface area contributed by atoms with E-state index in [9.17, 15) is 14.0 Å². The quantitative estimate of drug-likeness (QED) is 0.797. The molecule has 1 aromatic rings. The predicted octanol–water partition coefficient (Wildman–Crippen LogP) is 3.23. The summed E-state index contributed by atoms with van der Waals surface area (Å²) in [5.74, 6) is -0.477. The van der Waals surface area contributed by atoms with E-state index >= 15 is 0 Å². The maximum Gasteiger partial charge on any atom is 0.238 e. The lowest BCUT2D eigenvalue weighted by atomic mass is 9.91. The Labute approximate surface area is 139 Å². The summed E-state index contributed by atoms with van der Waals surface area (Å²) in [4.78, 5) is 25.7. The first kappa shape index (κ1) is 17.2. The van der Waals surface area contributed by atoms with E-state index < -0.39 is 11.2 Å². The van der Waals surface area contributed by atoms with E-state index in [0.29, 0.717) is 10.6 Å². The second kappa shape index (κ2) is 6.55. The highest BCUT2D eigenvalue weighted by Crippen LogP contribution is 2.32. The zero-order chi connectivity index (χ0) is 17.2. The lowest BCUT2D eigenvalue weighted by molar-refractivity contribution is -0.125. The summed E-state index contributed by atoms with van der Waals surface area (Å²) in [6.45, 7) is 5.66. The van der Waals surface area contributed by atoms with E-state index in [2.05, 4.69) is 0 Å². The van der Waals surface area contributed by atoms with Crippen LogP contribution in [-0.2, 0) is 16.1 Å². The first-order valence-electron chi connectivity index (χ1n) is 7.10. The first-order chi connectivity index (χ1) is 10.7. The monoisotopic (exact) mass is 332 g/mol. The van der Waals surface area contributed by atoms with Gasteiger partial charge in [0.25, 0.3) is 0 Å². The highest BCUT2D eigenvalue weighted by molar-refractivity contribution is 8.04.